The Kier molecular flexibility index (Phi) is 5.60. The summed E-state index contributed by atoms with van der Waals surface area (Å²) in [6.07, 6.45) is 1.43. The van der Waals surface area contributed by atoms with Crippen LogP contribution < -0.4 is 10.5 Å². The molecule has 1 saturated carbocycles. The first-order valence-corrected chi connectivity index (χ1v) is 9.05. The molecule has 27 heavy (non-hydrogen) atoms. The number of aryl methyl sites for hydroxylation is 2. The molecule has 1 aromatic carbocycles. The molecule has 1 unspecified atom stereocenters. The van der Waals surface area contributed by atoms with Gasteiger partial charge in [-0.1, -0.05) is 41.0 Å². The van der Waals surface area contributed by atoms with E-state index in [1.807, 2.05) is 26.0 Å². The molecule has 1 aliphatic rings. The predicted molar refractivity (Wildman–Crippen MR) is 102 cm³/mol. The fourth-order valence-corrected chi connectivity index (χ4v) is 2.58. The third kappa shape index (κ3) is 4.74. The van der Waals surface area contributed by atoms with Crippen molar-refractivity contribution in [3.8, 4) is 5.88 Å². The van der Waals surface area contributed by atoms with Crippen LogP contribution in [0.2, 0.25) is 5.02 Å². The zero-order chi connectivity index (χ0) is 19.6. The van der Waals surface area contributed by atoms with Crippen molar-refractivity contribution in [2.75, 3.05) is 0 Å². The van der Waals surface area contributed by atoms with Crippen molar-refractivity contribution in [2.45, 2.75) is 39.7 Å². The second-order valence-corrected chi connectivity index (χ2v) is 6.90. The van der Waals surface area contributed by atoms with Crippen LogP contribution in [0.3, 0.4) is 0 Å². The van der Waals surface area contributed by atoms with Crippen LogP contribution in [0, 0.1) is 19.8 Å². The van der Waals surface area contributed by atoms with E-state index >= 15 is 0 Å². The number of hydrogen-bond acceptors (Lipinski definition) is 6. The Hall–Kier alpha value is -2.67. The first kappa shape index (κ1) is 19.1. The highest BCUT2D eigenvalue weighted by atomic mass is 35.5. The maximum Gasteiger partial charge on any atom is 0.338 e. The molecular formula is C19H21ClN4O3. The van der Waals surface area contributed by atoms with E-state index in [2.05, 4.69) is 15.1 Å². The van der Waals surface area contributed by atoms with Crippen molar-refractivity contribution in [3.05, 3.63) is 51.9 Å². The zero-order valence-electron chi connectivity index (χ0n) is 15.4. The molecule has 0 amide bonds. The number of oxime groups is 1. The van der Waals surface area contributed by atoms with Gasteiger partial charge in [0.25, 0.3) is 0 Å². The third-order valence-electron chi connectivity index (χ3n) is 4.21. The van der Waals surface area contributed by atoms with Crippen LogP contribution in [0.25, 0.3) is 0 Å². The fourth-order valence-electron chi connectivity index (χ4n) is 2.45. The molecule has 0 radical (unpaired) electrons. The Morgan fingerprint density at radius 1 is 1.26 bits per heavy atom. The van der Waals surface area contributed by atoms with E-state index in [1.54, 1.807) is 19.1 Å². The van der Waals surface area contributed by atoms with Gasteiger partial charge in [-0.05, 0) is 39.2 Å². The van der Waals surface area contributed by atoms with Gasteiger partial charge in [-0.3, -0.25) is 0 Å². The van der Waals surface area contributed by atoms with Gasteiger partial charge in [0.15, 0.2) is 5.84 Å². The Morgan fingerprint density at radius 3 is 2.56 bits per heavy atom. The van der Waals surface area contributed by atoms with Gasteiger partial charge in [0.05, 0.1) is 11.6 Å². The van der Waals surface area contributed by atoms with E-state index in [0.29, 0.717) is 28.0 Å². The van der Waals surface area contributed by atoms with Gasteiger partial charge in [0, 0.05) is 5.56 Å². The minimum atomic E-state index is -0.330. The van der Waals surface area contributed by atoms with Crippen LogP contribution in [0.1, 0.15) is 48.5 Å². The molecule has 7 nitrogen and oxygen atoms in total. The van der Waals surface area contributed by atoms with Crippen LogP contribution in [-0.4, -0.2) is 21.8 Å². The summed E-state index contributed by atoms with van der Waals surface area (Å²) in [5.74, 6) is 0.742. The minimum Gasteiger partial charge on any atom is -0.469 e. The maximum absolute atomic E-state index is 11.5. The van der Waals surface area contributed by atoms with Crippen molar-refractivity contribution in [3.63, 3.8) is 0 Å². The van der Waals surface area contributed by atoms with Crippen LogP contribution in [-0.2, 0) is 9.63 Å². The van der Waals surface area contributed by atoms with Crippen molar-refractivity contribution in [1.82, 2.24) is 9.97 Å². The summed E-state index contributed by atoms with van der Waals surface area (Å²) >= 11 is 6.23. The highest BCUT2D eigenvalue weighted by Gasteiger charge is 2.31. The lowest BCUT2D eigenvalue weighted by Crippen LogP contribution is -2.16. The number of rotatable bonds is 6. The Balaban J connectivity index is 1.67. The number of hydrogen-bond donors (Lipinski definition) is 1. The van der Waals surface area contributed by atoms with Crippen LogP contribution in [0.5, 0.6) is 5.88 Å². The van der Waals surface area contributed by atoms with Crippen LogP contribution in [0.15, 0.2) is 29.4 Å². The average Bonchev–Trinajstić information content (AvgIpc) is 3.48. The minimum absolute atomic E-state index is 0.0252. The Morgan fingerprint density at radius 2 is 1.93 bits per heavy atom. The topological polar surface area (TPSA) is 99.7 Å². The number of aromatic nitrogens is 2. The molecule has 0 aliphatic heterocycles. The summed E-state index contributed by atoms with van der Waals surface area (Å²) in [6.45, 7) is 5.49. The molecular weight excluding hydrogens is 368 g/mol. The lowest BCUT2D eigenvalue weighted by molar-refractivity contribution is -0.145. The predicted octanol–water partition coefficient (Wildman–Crippen LogP) is 3.46. The summed E-state index contributed by atoms with van der Waals surface area (Å²) < 4.78 is 5.89. The number of amidine groups is 1. The molecule has 1 aliphatic carbocycles. The monoisotopic (exact) mass is 388 g/mol. The number of halogens is 1. The van der Waals surface area contributed by atoms with Gasteiger partial charge < -0.3 is 15.3 Å². The van der Waals surface area contributed by atoms with Gasteiger partial charge >= 0.3 is 5.97 Å². The largest absolute Gasteiger partial charge is 0.469 e. The fraction of sp³-hybridized carbons (Fsp3) is 0.368. The lowest BCUT2D eigenvalue weighted by Gasteiger charge is -2.16. The van der Waals surface area contributed by atoms with Gasteiger partial charge in [-0.15, -0.1) is 0 Å². The number of nitrogens with two attached hydrogens (primary N) is 1. The first-order valence-electron chi connectivity index (χ1n) is 8.67. The quantitative estimate of drug-likeness (QED) is 0.352. The SMILES string of the molecule is Cc1nc(C)c(Cl)c(OC(C)c2ccc(/C(N)=N/OC(=O)C3CC3)cc2)n1. The summed E-state index contributed by atoms with van der Waals surface area (Å²) in [5.41, 5.74) is 8.11. The molecule has 0 bridgehead atoms. The van der Waals surface area contributed by atoms with Crippen molar-refractivity contribution in [2.24, 2.45) is 16.8 Å². The van der Waals surface area contributed by atoms with E-state index in [4.69, 9.17) is 26.9 Å². The van der Waals surface area contributed by atoms with Gasteiger partial charge in [-0.25, -0.2) is 9.78 Å². The molecule has 1 aromatic heterocycles. The smallest absolute Gasteiger partial charge is 0.338 e. The Labute approximate surface area is 162 Å². The van der Waals surface area contributed by atoms with E-state index in [9.17, 15) is 4.79 Å². The molecule has 142 valence electrons. The first-order chi connectivity index (χ1) is 12.8. The van der Waals surface area contributed by atoms with Crippen LogP contribution in [0.4, 0.5) is 0 Å². The summed E-state index contributed by atoms with van der Waals surface area (Å²) in [4.78, 5) is 24.8. The molecule has 2 N–H and O–H groups in total. The number of carbonyl (C=O) groups is 1. The zero-order valence-corrected chi connectivity index (χ0v) is 16.2. The molecule has 0 spiro atoms. The molecule has 0 saturated heterocycles. The molecule has 1 fully saturated rings. The van der Waals surface area contributed by atoms with Crippen molar-refractivity contribution < 1.29 is 14.4 Å². The summed E-state index contributed by atoms with van der Waals surface area (Å²) in [7, 11) is 0. The van der Waals surface area contributed by atoms with Crippen molar-refractivity contribution in [1.29, 1.82) is 0 Å². The second kappa shape index (κ2) is 7.92. The lowest BCUT2D eigenvalue weighted by atomic mass is 10.1. The molecule has 3 rings (SSSR count). The molecule has 1 atom stereocenters. The molecule has 2 aromatic rings. The summed E-state index contributed by atoms with van der Waals surface area (Å²) in [5, 5.41) is 4.11. The maximum atomic E-state index is 11.5. The molecule has 8 heteroatoms. The van der Waals surface area contributed by atoms with E-state index in [-0.39, 0.29) is 23.8 Å². The van der Waals surface area contributed by atoms with E-state index < -0.39 is 0 Å². The Bertz CT molecular complexity index is 879. The van der Waals surface area contributed by atoms with Crippen LogP contribution >= 0.6 is 11.6 Å². The average molecular weight is 389 g/mol. The highest BCUT2D eigenvalue weighted by Crippen LogP contribution is 2.30. The standard InChI is InChI=1S/C19H21ClN4O3/c1-10-16(20)18(23-12(3)22-10)26-11(2)13-4-6-14(7-5-13)17(21)24-27-19(25)15-8-9-15/h4-7,11,15H,8-9H2,1-3H3,(H2,21,24). The van der Waals surface area contributed by atoms with Gasteiger partial charge in [-0.2, -0.15) is 4.98 Å². The highest BCUT2D eigenvalue weighted by molar-refractivity contribution is 6.32. The number of ether oxygens (including phenoxy) is 1. The summed E-state index contributed by atoms with van der Waals surface area (Å²) in [6, 6.07) is 7.30. The third-order valence-corrected chi connectivity index (χ3v) is 4.64. The normalized spacial score (nSPS) is 15.3. The molecule has 1 heterocycles. The number of benzene rings is 1. The van der Waals surface area contributed by atoms with Gasteiger partial charge in [0.1, 0.15) is 17.0 Å². The number of nitrogens with zero attached hydrogens (tertiary/aromatic N) is 3. The second-order valence-electron chi connectivity index (χ2n) is 6.52. The number of carbonyl (C=O) groups excluding carboxylic acids is 1. The van der Waals surface area contributed by atoms with Gasteiger partial charge in [0.2, 0.25) is 5.88 Å². The van der Waals surface area contributed by atoms with E-state index in [1.165, 1.54) is 0 Å². The van der Waals surface area contributed by atoms with E-state index in [0.717, 1.165) is 18.4 Å². The van der Waals surface area contributed by atoms with Crippen molar-refractivity contribution >= 4 is 23.4 Å².